The Kier molecular flexibility index (Phi) is 3.89. The van der Waals surface area contributed by atoms with Crippen LogP contribution in [0.4, 0.5) is 0 Å². The molecule has 6 heteroatoms. The van der Waals surface area contributed by atoms with Gasteiger partial charge < -0.3 is 9.63 Å². The van der Waals surface area contributed by atoms with Crippen molar-refractivity contribution < 1.29 is 14.4 Å². The smallest absolute Gasteiger partial charge is 0.335 e. The number of benzene rings is 2. The van der Waals surface area contributed by atoms with Crippen LogP contribution in [-0.2, 0) is 5.88 Å². The molecule has 0 aliphatic rings. The van der Waals surface area contributed by atoms with E-state index in [0.29, 0.717) is 23.2 Å². The van der Waals surface area contributed by atoms with Crippen LogP contribution in [0.15, 0.2) is 53.1 Å². The summed E-state index contributed by atoms with van der Waals surface area (Å²) >= 11 is 5.75. The van der Waals surface area contributed by atoms with Crippen molar-refractivity contribution in [3.8, 4) is 22.8 Å². The number of carboxylic acid groups (broad SMARTS) is 1. The number of nitrogens with zero attached hydrogens (tertiary/aromatic N) is 2. The average molecular weight is 315 g/mol. The van der Waals surface area contributed by atoms with E-state index in [2.05, 4.69) is 10.1 Å². The fraction of sp³-hybridized carbons (Fsp3) is 0.0625. The minimum Gasteiger partial charge on any atom is -0.478 e. The SMILES string of the molecule is O=C(O)c1cccc(-c2noc(-c3ccc(CCl)cc3)n2)c1. The van der Waals surface area contributed by atoms with E-state index >= 15 is 0 Å². The van der Waals surface area contributed by atoms with Crippen molar-refractivity contribution >= 4 is 17.6 Å². The summed E-state index contributed by atoms with van der Waals surface area (Å²) in [6.07, 6.45) is 0. The van der Waals surface area contributed by atoms with Gasteiger partial charge in [-0.3, -0.25) is 0 Å². The molecule has 3 aromatic rings. The summed E-state index contributed by atoms with van der Waals surface area (Å²) in [4.78, 5) is 15.3. The zero-order chi connectivity index (χ0) is 15.5. The molecule has 0 amide bonds. The van der Waals surface area contributed by atoms with Gasteiger partial charge in [-0.1, -0.05) is 29.4 Å². The first-order chi connectivity index (χ1) is 10.7. The maximum absolute atomic E-state index is 11.0. The van der Waals surface area contributed by atoms with Crippen LogP contribution in [0.3, 0.4) is 0 Å². The maximum atomic E-state index is 11.0. The molecule has 0 saturated carbocycles. The Morgan fingerprint density at radius 3 is 2.59 bits per heavy atom. The molecular weight excluding hydrogens is 304 g/mol. The Balaban J connectivity index is 1.93. The van der Waals surface area contributed by atoms with Crippen molar-refractivity contribution in [2.75, 3.05) is 0 Å². The van der Waals surface area contributed by atoms with Crippen LogP contribution < -0.4 is 0 Å². The van der Waals surface area contributed by atoms with E-state index in [0.717, 1.165) is 11.1 Å². The number of hydrogen-bond acceptors (Lipinski definition) is 4. The van der Waals surface area contributed by atoms with E-state index < -0.39 is 5.97 Å². The third-order valence-electron chi connectivity index (χ3n) is 3.15. The Morgan fingerprint density at radius 1 is 1.14 bits per heavy atom. The quantitative estimate of drug-likeness (QED) is 0.740. The average Bonchev–Trinajstić information content (AvgIpc) is 3.05. The molecule has 1 heterocycles. The summed E-state index contributed by atoms with van der Waals surface area (Å²) in [5.74, 6) is 0.163. The topological polar surface area (TPSA) is 76.2 Å². The highest BCUT2D eigenvalue weighted by atomic mass is 35.5. The van der Waals surface area contributed by atoms with E-state index in [1.807, 2.05) is 24.3 Å². The highest BCUT2D eigenvalue weighted by Crippen LogP contribution is 2.23. The second-order valence-electron chi connectivity index (χ2n) is 4.64. The lowest BCUT2D eigenvalue weighted by Gasteiger charge is -1.97. The van der Waals surface area contributed by atoms with Crippen molar-refractivity contribution in [1.29, 1.82) is 0 Å². The van der Waals surface area contributed by atoms with Crippen molar-refractivity contribution in [2.24, 2.45) is 0 Å². The summed E-state index contributed by atoms with van der Waals surface area (Å²) in [6.45, 7) is 0. The van der Waals surface area contributed by atoms with Gasteiger partial charge in [0.1, 0.15) is 0 Å². The molecule has 0 bridgehead atoms. The van der Waals surface area contributed by atoms with Crippen LogP contribution in [0, 0.1) is 0 Å². The van der Waals surface area contributed by atoms with E-state index in [1.54, 1.807) is 12.1 Å². The number of aromatic nitrogens is 2. The predicted molar refractivity (Wildman–Crippen MR) is 81.7 cm³/mol. The molecular formula is C16H11ClN2O3. The monoisotopic (exact) mass is 314 g/mol. The van der Waals surface area contributed by atoms with Gasteiger partial charge >= 0.3 is 5.97 Å². The number of carboxylic acids is 1. The molecule has 1 N–H and O–H groups in total. The molecule has 0 aliphatic carbocycles. The fourth-order valence-electron chi connectivity index (χ4n) is 1.99. The Labute approximate surface area is 131 Å². The molecule has 3 rings (SSSR count). The molecule has 1 aromatic heterocycles. The molecule has 0 radical (unpaired) electrons. The maximum Gasteiger partial charge on any atom is 0.335 e. The lowest BCUT2D eigenvalue weighted by molar-refractivity contribution is 0.0697. The molecule has 5 nitrogen and oxygen atoms in total. The lowest BCUT2D eigenvalue weighted by atomic mass is 10.1. The predicted octanol–water partition coefficient (Wildman–Crippen LogP) is 3.84. The molecule has 22 heavy (non-hydrogen) atoms. The van der Waals surface area contributed by atoms with Crippen molar-refractivity contribution in [1.82, 2.24) is 10.1 Å². The van der Waals surface area contributed by atoms with E-state index in [9.17, 15) is 4.79 Å². The zero-order valence-electron chi connectivity index (χ0n) is 11.4. The fourth-order valence-corrected chi connectivity index (χ4v) is 2.16. The summed E-state index contributed by atoms with van der Waals surface area (Å²) < 4.78 is 5.24. The summed E-state index contributed by atoms with van der Waals surface area (Å²) in [5, 5.41) is 12.9. The number of aromatic carboxylic acids is 1. The normalized spacial score (nSPS) is 10.6. The van der Waals surface area contributed by atoms with Crippen LogP contribution in [0.5, 0.6) is 0 Å². The van der Waals surface area contributed by atoms with Gasteiger partial charge in [0.05, 0.1) is 5.56 Å². The van der Waals surface area contributed by atoms with Crippen molar-refractivity contribution in [3.63, 3.8) is 0 Å². The summed E-state index contributed by atoms with van der Waals surface area (Å²) in [7, 11) is 0. The molecule has 110 valence electrons. The highest BCUT2D eigenvalue weighted by Gasteiger charge is 2.12. The minimum absolute atomic E-state index is 0.176. The summed E-state index contributed by atoms with van der Waals surface area (Å²) in [6, 6.07) is 13.9. The van der Waals surface area contributed by atoms with Crippen LogP contribution in [-0.4, -0.2) is 21.2 Å². The third kappa shape index (κ3) is 2.84. The van der Waals surface area contributed by atoms with Crippen molar-refractivity contribution in [3.05, 3.63) is 59.7 Å². The molecule has 0 aliphatic heterocycles. The number of halogens is 1. The number of hydrogen-bond donors (Lipinski definition) is 1. The van der Waals surface area contributed by atoms with E-state index in [1.165, 1.54) is 12.1 Å². The first kappa shape index (κ1) is 14.3. The largest absolute Gasteiger partial charge is 0.478 e. The van der Waals surface area contributed by atoms with Gasteiger partial charge in [0.25, 0.3) is 5.89 Å². The lowest BCUT2D eigenvalue weighted by Crippen LogP contribution is -1.96. The zero-order valence-corrected chi connectivity index (χ0v) is 12.1. The highest BCUT2D eigenvalue weighted by molar-refractivity contribution is 6.17. The van der Waals surface area contributed by atoms with E-state index in [-0.39, 0.29) is 5.56 Å². The van der Waals surface area contributed by atoms with Gasteiger partial charge in [-0.15, -0.1) is 11.6 Å². The van der Waals surface area contributed by atoms with Crippen LogP contribution in [0.2, 0.25) is 0 Å². The van der Waals surface area contributed by atoms with Gasteiger partial charge in [0, 0.05) is 17.0 Å². The van der Waals surface area contributed by atoms with Gasteiger partial charge in [-0.05, 0) is 29.8 Å². The number of alkyl halides is 1. The first-order valence-electron chi connectivity index (χ1n) is 6.50. The van der Waals surface area contributed by atoms with Crippen LogP contribution in [0.25, 0.3) is 22.8 Å². The van der Waals surface area contributed by atoms with Gasteiger partial charge in [-0.2, -0.15) is 4.98 Å². The molecule has 2 aromatic carbocycles. The molecule has 0 saturated heterocycles. The first-order valence-corrected chi connectivity index (χ1v) is 7.03. The standard InChI is InChI=1S/C16H11ClN2O3/c17-9-10-4-6-11(7-5-10)15-18-14(19-22-15)12-2-1-3-13(8-12)16(20)21/h1-8H,9H2,(H,20,21). The molecule has 0 spiro atoms. The Hall–Kier alpha value is -2.66. The van der Waals surface area contributed by atoms with Crippen LogP contribution >= 0.6 is 11.6 Å². The summed E-state index contributed by atoms with van der Waals surface area (Å²) in [5.41, 5.74) is 2.55. The molecule has 0 fully saturated rings. The van der Waals surface area contributed by atoms with Crippen LogP contribution in [0.1, 0.15) is 15.9 Å². The van der Waals surface area contributed by atoms with E-state index in [4.69, 9.17) is 21.2 Å². The minimum atomic E-state index is -0.998. The molecule has 0 atom stereocenters. The Morgan fingerprint density at radius 2 is 1.91 bits per heavy atom. The second kappa shape index (κ2) is 5.99. The van der Waals surface area contributed by atoms with Gasteiger partial charge in [0.15, 0.2) is 0 Å². The van der Waals surface area contributed by atoms with Gasteiger partial charge in [-0.25, -0.2) is 4.79 Å². The number of rotatable bonds is 4. The number of carbonyl (C=O) groups is 1. The third-order valence-corrected chi connectivity index (χ3v) is 3.46. The van der Waals surface area contributed by atoms with Gasteiger partial charge in [0.2, 0.25) is 5.82 Å². The molecule has 0 unspecified atom stereocenters. The van der Waals surface area contributed by atoms with Crippen molar-refractivity contribution in [2.45, 2.75) is 5.88 Å². The second-order valence-corrected chi connectivity index (χ2v) is 4.91. The Bertz CT molecular complexity index is 812.